The molecule has 1 aromatic rings. The van der Waals surface area contributed by atoms with Crippen molar-refractivity contribution in [3.8, 4) is 0 Å². The molecule has 0 aromatic heterocycles. The molecule has 1 aromatic carbocycles. The van der Waals surface area contributed by atoms with E-state index in [0.29, 0.717) is 19.5 Å². The monoisotopic (exact) mass is 464 g/mol. The molecule has 2 aliphatic heterocycles. The normalized spacial score (nSPS) is 25.2. The molecule has 2 saturated heterocycles. The molecule has 1 amide bonds. The molecule has 2 aliphatic rings. The highest BCUT2D eigenvalue weighted by molar-refractivity contribution is 7.92. The van der Waals surface area contributed by atoms with Crippen LogP contribution in [0.25, 0.3) is 0 Å². The number of carboxylic acid groups (broad SMARTS) is 1. The first-order valence-electron chi connectivity index (χ1n) is 9.73. The van der Waals surface area contributed by atoms with Crippen LogP contribution in [0.15, 0.2) is 24.3 Å². The van der Waals surface area contributed by atoms with Gasteiger partial charge in [0.25, 0.3) is 0 Å². The summed E-state index contributed by atoms with van der Waals surface area (Å²) in [7, 11) is 0.402. The molecule has 0 spiro atoms. The topological polar surface area (TPSA) is 95.0 Å². The molecular weight excluding hydrogens is 437 g/mol. The van der Waals surface area contributed by atoms with E-state index in [2.05, 4.69) is 36.1 Å². The summed E-state index contributed by atoms with van der Waals surface area (Å²) >= 11 is 0. The Morgan fingerprint density at radius 2 is 1.71 bits per heavy atom. The average molecular weight is 465 g/mol. The van der Waals surface area contributed by atoms with Gasteiger partial charge < -0.3 is 10.0 Å². The number of benzene rings is 1. The predicted molar refractivity (Wildman–Crippen MR) is 108 cm³/mol. The van der Waals surface area contributed by atoms with E-state index in [1.165, 1.54) is 11.1 Å². The molecular formula is C20H27F3N2O5S. The zero-order chi connectivity index (χ0) is 23.6. The smallest absolute Gasteiger partial charge is 0.475 e. The Hall–Kier alpha value is -2.14. The van der Waals surface area contributed by atoms with E-state index in [-0.39, 0.29) is 23.5 Å². The van der Waals surface area contributed by atoms with Gasteiger partial charge in [0, 0.05) is 45.6 Å². The van der Waals surface area contributed by atoms with Crippen molar-refractivity contribution in [2.24, 2.45) is 11.8 Å². The Labute approximate surface area is 179 Å². The summed E-state index contributed by atoms with van der Waals surface area (Å²) in [6.07, 6.45) is -4.63. The fourth-order valence-electron chi connectivity index (χ4n) is 4.02. The van der Waals surface area contributed by atoms with Crippen LogP contribution in [0, 0.1) is 18.8 Å². The van der Waals surface area contributed by atoms with Crippen molar-refractivity contribution in [1.82, 2.24) is 9.80 Å². The molecule has 0 bridgehead atoms. The number of fused-ring (bicyclic) bond motifs is 1. The summed E-state index contributed by atoms with van der Waals surface area (Å²) in [6.45, 7) is 4.02. The van der Waals surface area contributed by atoms with Crippen LogP contribution in [0.4, 0.5) is 13.2 Å². The molecule has 174 valence electrons. The second kappa shape index (κ2) is 9.56. The largest absolute Gasteiger partial charge is 0.490 e. The number of nitrogens with zero attached hydrogens (tertiary/aromatic N) is 2. The maximum atomic E-state index is 12.5. The minimum Gasteiger partial charge on any atom is -0.475 e. The number of carboxylic acids is 1. The maximum Gasteiger partial charge on any atom is 0.490 e. The molecule has 31 heavy (non-hydrogen) atoms. The summed E-state index contributed by atoms with van der Waals surface area (Å²) < 4.78 is 56.7. The maximum absolute atomic E-state index is 12.5. The number of carbonyl (C=O) groups excluding carboxylic acids is 1. The standard InChI is InChI=1S/C18H26N2O3S.C2HF3O2/c1-13-4-6-14(7-5-13)10-20-11-16-15(18(21)19(2)3)8-9-24(22,23)17(16)12-20;3-2(4,5)1(6)7/h4-7,15-17H,8-12H2,1-3H3;(H,6,7)/t15-,16+,17+;/m0./s1. The minimum absolute atomic E-state index is 0.0667. The molecule has 11 heteroatoms. The summed E-state index contributed by atoms with van der Waals surface area (Å²) in [5, 5.41) is 6.73. The van der Waals surface area contributed by atoms with E-state index in [1.54, 1.807) is 19.0 Å². The molecule has 3 rings (SSSR count). The summed E-state index contributed by atoms with van der Waals surface area (Å²) in [6, 6.07) is 8.34. The summed E-state index contributed by atoms with van der Waals surface area (Å²) in [5.74, 6) is -2.80. The van der Waals surface area contributed by atoms with Crippen LogP contribution in [0.5, 0.6) is 0 Å². The highest BCUT2D eigenvalue weighted by Crippen LogP contribution is 2.38. The lowest BCUT2D eigenvalue weighted by molar-refractivity contribution is -0.192. The molecule has 1 N–H and O–H groups in total. The van der Waals surface area contributed by atoms with Gasteiger partial charge >= 0.3 is 12.1 Å². The lowest BCUT2D eigenvalue weighted by atomic mass is 9.87. The van der Waals surface area contributed by atoms with Crippen LogP contribution in [0.2, 0.25) is 0 Å². The Kier molecular flexibility index (Phi) is 7.75. The van der Waals surface area contributed by atoms with E-state index in [0.717, 1.165) is 6.54 Å². The van der Waals surface area contributed by atoms with E-state index >= 15 is 0 Å². The van der Waals surface area contributed by atoms with E-state index < -0.39 is 27.2 Å². The van der Waals surface area contributed by atoms with Gasteiger partial charge in [-0.2, -0.15) is 13.2 Å². The molecule has 2 heterocycles. The van der Waals surface area contributed by atoms with E-state index in [9.17, 15) is 26.4 Å². The van der Waals surface area contributed by atoms with Crippen LogP contribution < -0.4 is 0 Å². The first-order chi connectivity index (χ1) is 14.2. The predicted octanol–water partition coefficient (Wildman–Crippen LogP) is 1.95. The summed E-state index contributed by atoms with van der Waals surface area (Å²) in [5.41, 5.74) is 2.40. The first kappa shape index (κ1) is 25.1. The molecule has 7 nitrogen and oxygen atoms in total. The van der Waals surface area contributed by atoms with Gasteiger partial charge in [0.05, 0.1) is 11.0 Å². The zero-order valence-electron chi connectivity index (χ0n) is 17.6. The number of aliphatic carboxylic acids is 1. The van der Waals surface area contributed by atoms with Gasteiger partial charge in [0.15, 0.2) is 9.84 Å². The fraction of sp³-hybridized carbons (Fsp3) is 0.600. The van der Waals surface area contributed by atoms with Crippen LogP contribution >= 0.6 is 0 Å². The van der Waals surface area contributed by atoms with Crippen molar-refractivity contribution in [3.63, 3.8) is 0 Å². The first-order valence-corrected chi connectivity index (χ1v) is 11.4. The lowest BCUT2D eigenvalue weighted by Crippen LogP contribution is -2.46. The van der Waals surface area contributed by atoms with Gasteiger partial charge in [-0.3, -0.25) is 9.69 Å². The van der Waals surface area contributed by atoms with Crippen LogP contribution in [-0.4, -0.2) is 79.6 Å². The number of hydrogen-bond donors (Lipinski definition) is 1. The Balaban J connectivity index is 0.000000423. The quantitative estimate of drug-likeness (QED) is 0.735. The Bertz CT molecular complexity index is 900. The van der Waals surface area contributed by atoms with Crippen molar-refractivity contribution in [1.29, 1.82) is 0 Å². The second-order valence-electron chi connectivity index (χ2n) is 8.18. The molecule has 2 fully saturated rings. The lowest BCUT2D eigenvalue weighted by Gasteiger charge is -2.33. The Morgan fingerprint density at radius 3 is 2.19 bits per heavy atom. The molecule has 0 radical (unpaired) electrons. The number of aryl methyl sites for hydroxylation is 1. The summed E-state index contributed by atoms with van der Waals surface area (Å²) in [4.78, 5) is 25.2. The van der Waals surface area contributed by atoms with Crippen LogP contribution in [-0.2, 0) is 26.0 Å². The van der Waals surface area contributed by atoms with Gasteiger partial charge in [0.2, 0.25) is 5.91 Å². The van der Waals surface area contributed by atoms with Gasteiger partial charge in [-0.25, -0.2) is 13.2 Å². The highest BCUT2D eigenvalue weighted by Gasteiger charge is 2.50. The van der Waals surface area contributed by atoms with Crippen LogP contribution in [0.3, 0.4) is 0 Å². The number of amides is 1. The van der Waals surface area contributed by atoms with E-state index in [1.807, 2.05) is 0 Å². The van der Waals surface area contributed by atoms with Crippen molar-refractivity contribution in [3.05, 3.63) is 35.4 Å². The third-order valence-electron chi connectivity index (χ3n) is 5.60. The van der Waals surface area contributed by atoms with Gasteiger partial charge in [-0.05, 0) is 18.9 Å². The minimum atomic E-state index is -5.08. The number of halogens is 3. The Morgan fingerprint density at radius 1 is 1.16 bits per heavy atom. The van der Waals surface area contributed by atoms with Gasteiger partial charge in [0.1, 0.15) is 0 Å². The van der Waals surface area contributed by atoms with Crippen molar-refractivity contribution in [2.75, 3.05) is 32.9 Å². The number of carbonyl (C=O) groups is 2. The molecule has 0 unspecified atom stereocenters. The highest BCUT2D eigenvalue weighted by atomic mass is 32.2. The van der Waals surface area contributed by atoms with Crippen molar-refractivity contribution < 1.29 is 36.3 Å². The average Bonchev–Trinajstić information content (AvgIpc) is 3.08. The third kappa shape index (κ3) is 6.42. The molecule has 0 saturated carbocycles. The molecule has 0 aliphatic carbocycles. The zero-order valence-corrected chi connectivity index (χ0v) is 18.4. The van der Waals surface area contributed by atoms with Gasteiger partial charge in [-0.15, -0.1) is 0 Å². The second-order valence-corrected chi connectivity index (χ2v) is 10.5. The SMILES string of the molecule is Cc1ccc(CN2C[C@@H]3[C@@H](C(=O)N(C)C)CCS(=O)(=O)[C@@H]3C2)cc1.O=C(O)C(F)(F)F. The van der Waals surface area contributed by atoms with E-state index in [4.69, 9.17) is 9.90 Å². The number of sulfone groups is 1. The fourth-order valence-corrected chi connectivity index (χ4v) is 6.15. The number of rotatable bonds is 3. The van der Waals surface area contributed by atoms with Crippen LogP contribution in [0.1, 0.15) is 17.5 Å². The van der Waals surface area contributed by atoms with Gasteiger partial charge in [-0.1, -0.05) is 29.8 Å². The third-order valence-corrected chi connectivity index (χ3v) is 7.83. The van der Waals surface area contributed by atoms with Crippen molar-refractivity contribution >= 4 is 21.7 Å². The van der Waals surface area contributed by atoms with Crippen molar-refractivity contribution in [2.45, 2.75) is 31.3 Å². The number of hydrogen-bond acceptors (Lipinski definition) is 5. The number of likely N-dealkylation sites (tertiary alicyclic amines) is 1. The number of alkyl halides is 3. The molecule has 3 atom stereocenters.